The second-order valence-corrected chi connectivity index (χ2v) is 6.73. The topological polar surface area (TPSA) is 75.8 Å². The fraction of sp³-hybridized carbons (Fsp3) is 0.381. The third-order valence-electron chi connectivity index (χ3n) is 4.72. The maximum atomic E-state index is 11.7. The lowest BCUT2D eigenvalue weighted by atomic mass is 9.98. The Morgan fingerprint density at radius 1 is 1.04 bits per heavy atom. The van der Waals surface area contributed by atoms with Crippen LogP contribution in [0.15, 0.2) is 48.5 Å². The number of carbonyl (C=O) groups excluding carboxylic acids is 1. The van der Waals surface area contributed by atoms with E-state index in [2.05, 4.69) is 4.90 Å². The Bertz CT molecular complexity index is 742. The number of hydrogen-bond donors (Lipinski definition) is 2. The number of aliphatic hydroxyl groups is 1. The fourth-order valence-electron chi connectivity index (χ4n) is 3.43. The van der Waals surface area contributed by atoms with Gasteiger partial charge in [-0.3, -0.25) is 4.79 Å². The molecule has 0 spiro atoms. The SMILES string of the molecule is NC(=O)c1ccccc1-c1ccccc1OC[C@H](O)CN1CCCCC1. The third-order valence-corrected chi connectivity index (χ3v) is 4.72. The monoisotopic (exact) mass is 354 g/mol. The molecule has 2 aromatic rings. The predicted octanol–water partition coefficient (Wildman–Crippen LogP) is 2.68. The summed E-state index contributed by atoms with van der Waals surface area (Å²) in [4.78, 5) is 14.0. The molecule has 1 aliphatic rings. The maximum absolute atomic E-state index is 11.7. The van der Waals surface area contributed by atoms with Crippen LogP contribution in [-0.2, 0) is 0 Å². The molecule has 2 aromatic carbocycles. The van der Waals surface area contributed by atoms with E-state index in [1.807, 2.05) is 36.4 Å². The molecule has 5 heteroatoms. The summed E-state index contributed by atoms with van der Waals surface area (Å²) in [5, 5.41) is 10.3. The van der Waals surface area contributed by atoms with Crippen molar-refractivity contribution >= 4 is 5.91 Å². The molecule has 3 N–H and O–H groups in total. The summed E-state index contributed by atoms with van der Waals surface area (Å²) in [7, 11) is 0. The fourth-order valence-corrected chi connectivity index (χ4v) is 3.43. The van der Waals surface area contributed by atoms with Crippen molar-refractivity contribution in [1.29, 1.82) is 0 Å². The average molecular weight is 354 g/mol. The number of rotatable bonds is 7. The van der Waals surface area contributed by atoms with E-state index in [1.165, 1.54) is 19.3 Å². The molecule has 0 radical (unpaired) electrons. The van der Waals surface area contributed by atoms with Crippen LogP contribution in [0.1, 0.15) is 29.6 Å². The number of nitrogens with two attached hydrogens (primary N) is 1. The predicted molar refractivity (Wildman–Crippen MR) is 102 cm³/mol. The number of ether oxygens (including phenoxy) is 1. The summed E-state index contributed by atoms with van der Waals surface area (Å²) in [5.41, 5.74) is 7.49. The second-order valence-electron chi connectivity index (χ2n) is 6.73. The molecule has 1 fully saturated rings. The minimum absolute atomic E-state index is 0.215. The van der Waals surface area contributed by atoms with Gasteiger partial charge in [-0.25, -0.2) is 0 Å². The van der Waals surface area contributed by atoms with E-state index in [0.717, 1.165) is 24.2 Å². The van der Waals surface area contributed by atoms with Gasteiger partial charge in [0.05, 0.1) is 0 Å². The lowest BCUT2D eigenvalue weighted by Gasteiger charge is -2.28. The minimum Gasteiger partial charge on any atom is -0.490 e. The van der Waals surface area contributed by atoms with Gasteiger partial charge in [-0.15, -0.1) is 0 Å². The molecular formula is C21H26N2O3. The highest BCUT2D eigenvalue weighted by atomic mass is 16.5. The van der Waals surface area contributed by atoms with E-state index in [-0.39, 0.29) is 6.61 Å². The first-order chi connectivity index (χ1) is 12.6. The molecule has 26 heavy (non-hydrogen) atoms. The summed E-state index contributed by atoms with van der Waals surface area (Å²) in [5.74, 6) is 0.166. The van der Waals surface area contributed by atoms with Crippen molar-refractivity contribution in [3.05, 3.63) is 54.1 Å². The van der Waals surface area contributed by atoms with Crippen molar-refractivity contribution in [3.8, 4) is 16.9 Å². The van der Waals surface area contributed by atoms with Crippen LogP contribution in [0.4, 0.5) is 0 Å². The number of benzene rings is 2. The minimum atomic E-state index is -0.549. The molecule has 0 bridgehead atoms. The molecule has 138 valence electrons. The van der Waals surface area contributed by atoms with Crippen LogP contribution in [0.5, 0.6) is 5.75 Å². The van der Waals surface area contributed by atoms with Crippen LogP contribution >= 0.6 is 0 Å². The van der Waals surface area contributed by atoms with Crippen LogP contribution in [0.3, 0.4) is 0 Å². The molecule has 1 aliphatic heterocycles. The number of para-hydroxylation sites is 1. The number of nitrogens with zero attached hydrogens (tertiary/aromatic N) is 1. The van der Waals surface area contributed by atoms with Gasteiger partial charge in [-0.2, -0.15) is 0 Å². The van der Waals surface area contributed by atoms with Crippen molar-refractivity contribution in [2.24, 2.45) is 5.73 Å². The first kappa shape index (κ1) is 18.4. The molecule has 0 aliphatic carbocycles. The van der Waals surface area contributed by atoms with Crippen molar-refractivity contribution < 1.29 is 14.6 Å². The number of primary amides is 1. The van der Waals surface area contributed by atoms with Gasteiger partial charge in [-0.05, 0) is 43.6 Å². The molecule has 1 atom stereocenters. The quantitative estimate of drug-likeness (QED) is 0.801. The largest absolute Gasteiger partial charge is 0.490 e. The Balaban J connectivity index is 1.71. The lowest BCUT2D eigenvalue weighted by Crippen LogP contribution is -2.38. The molecule has 3 rings (SSSR count). The molecular weight excluding hydrogens is 328 g/mol. The molecule has 0 aromatic heterocycles. The van der Waals surface area contributed by atoms with Crippen molar-refractivity contribution in [1.82, 2.24) is 4.90 Å². The van der Waals surface area contributed by atoms with Gasteiger partial charge in [0.1, 0.15) is 18.5 Å². The second kappa shape index (κ2) is 8.83. The molecule has 0 saturated carbocycles. The highest BCUT2D eigenvalue weighted by Gasteiger charge is 2.17. The summed E-state index contributed by atoms with van der Waals surface area (Å²) >= 11 is 0. The first-order valence-corrected chi connectivity index (χ1v) is 9.16. The number of aliphatic hydroxyl groups excluding tert-OH is 1. The van der Waals surface area contributed by atoms with Crippen molar-refractivity contribution in [3.63, 3.8) is 0 Å². The number of piperidine rings is 1. The van der Waals surface area contributed by atoms with E-state index >= 15 is 0 Å². The number of hydrogen-bond acceptors (Lipinski definition) is 4. The van der Waals surface area contributed by atoms with Gasteiger partial charge in [-0.1, -0.05) is 42.8 Å². The first-order valence-electron chi connectivity index (χ1n) is 9.16. The molecule has 1 saturated heterocycles. The average Bonchev–Trinajstić information content (AvgIpc) is 2.67. The van der Waals surface area contributed by atoms with E-state index in [1.54, 1.807) is 12.1 Å². The lowest BCUT2D eigenvalue weighted by molar-refractivity contribution is 0.0619. The molecule has 1 heterocycles. The van der Waals surface area contributed by atoms with Gasteiger partial charge in [0, 0.05) is 17.7 Å². The highest BCUT2D eigenvalue weighted by Crippen LogP contribution is 2.32. The highest BCUT2D eigenvalue weighted by molar-refractivity contribution is 6.00. The Hall–Kier alpha value is -2.37. The summed E-state index contributed by atoms with van der Waals surface area (Å²) in [6, 6.07) is 14.7. The number of β-amino-alcohol motifs (C(OH)–C–C–N with tert-alkyl or cyclic N) is 1. The molecule has 1 amide bonds. The Morgan fingerprint density at radius 3 is 2.42 bits per heavy atom. The van der Waals surface area contributed by atoms with E-state index < -0.39 is 12.0 Å². The standard InChI is InChI=1S/C21H26N2O3/c22-21(25)19-10-3-2-8-17(19)18-9-4-5-11-20(18)26-15-16(24)14-23-12-6-1-7-13-23/h2-5,8-11,16,24H,1,6-7,12-15H2,(H2,22,25)/t16-/m1/s1. The Labute approximate surface area is 154 Å². The van der Waals surface area contributed by atoms with Gasteiger partial charge in [0.15, 0.2) is 0 Å². The van der Waals surface area contributed by atoms with Crippen LogP contribution < -0.4 is 10.5 Å². The van der Waals surface area contributed by atoms with Crippen molar-refractivity contribution in [2.75, 3.05) is 26.2 Å². The van der Waals surface area contributed by atoms with E-state index in [0.29, 0.717) is 17.9 Å². The molecule has 0 unspecified atom stereocenters. The normalized spacial score (nSPS) is 16.2. The van der Waals surface area contributed by atoms with Crippen molar-refractivity contribution in [2.45, 2.75) is 25.4 Å². The van der Waals surface area contributed by atoms with Gasteiger partial charge >= 0.3 is 0 Å². The van der Waals surface area contributed by atoms with Gasteiger partial charge < -0.3 is 20.5 Å². The van der Waals surface area contributed by atoms with Crippen LogP contribution in [0.2, 0.25) is 0 Å². The number of carbonyl (C=O) groups is 1. The van der Waals surface area contributed by atoms with Crippen LogP contribution in [0.25, 0.3) is 11.1 Å². The Kier molecular flexibility index (Phi) is 6.26. The van der Waals surface area contributed by atoms with Gasteiger partial charge in [0.25, 0.3) is 0 Å². The van der Waals surface area contributed by atoms with E-state index in [9.17, 15) is 9.90 Å². The zero-order chi connectivity index (χ0) is 18.4. The number of likely N-dealkylation sites (tertiary alicyclic amines) is 1. The maximum Gasteiger partial charge on any atom is 0.249 e. The van der Waals surface area contributed by atoms with E-state index in [4.69, 9.17) is 10.5 Å². The Morgan fingerprint density at radius 2 is 1.69 bits per heavy atom. The smallest absolute Gasteiger partial charge is 0.249 e. The summed E-state index contributed by atoms with van der Waals surface area (Å²) in [6.07, 6.45) is 3.11. The summed E-state index contributed by atoms with van der Waals surface area (Å²) < 4.78 is 5.90. The third kappa shape index (κ3) is 4.62. The molecule has 5 nitrogen and oxygen atoms in total. The van der Waals surface area contributed by atoms with Gasteiger partial charge in [0.2, 0.25) is 5.91 Å². The zero-order valence-electron chi connectivity index (χ0n) is 14.9. The van der Waals surface area contributed by atoms with Crippen LogP contribution in [0, 0.1) is 0 Å². The summed E-state index contributed by atoms with van der Waals surface area (Å²) in [6.45, 7) is 2.92. The number of amides is 1. The zero-order valence-corrected chi connectivity index (χ0v) is 14.9. The van der Waals surface area contributed by atoms with Crippen LogP contribution in [-0.4, -0.2) is 48.3 Å².